The summed E-state index contributed by atoms with van der Waals surface area (Å²) in [5, 5.41) is 1.68. The van der Waals surface area contributed by atoms with Crippen LogP contribution < -0.4 is 11.1 Å². The zero-order valence-corrected chi connectivity index (χ0v) is 7.59. The molecule has 0 saturated carbocycles. The van der Waals surface area contributed by atoms with Gasteiger partial charge in [-0.1, -0.05) is 0 Å². The van der Waals surface area contributed by atoms with Gasteiger partial charge >= 0.3 is 11.1 Å². The number of oxazole rings is 1. The summed E-state index contributed by atoms with van der Waals surface area (Å²) in [6.45, 7) is 0. The average molecular weight is 213 g/mol. The van der Waals surface area contributed by atoms with Crippen LogP contribution in [0.1, 0.15) is 0 Å². The number of hydrogen-bond donors (Lipinski definition) is 2. The van der Waals surface area contributed by atoms with E-state index in [1.54, 1.807) is 18.2 Å². The van der Waals surface area contributed by atoms with Crippen LogP contribution in [-0.2, 0) is 0 Å². The van der Waals surface area contributed by atoms with Gasteiger partial charge in [0, 0.05) is 5.69 Å². The van der Waals surface area contributed by atoms with Crippen LogP contribution in [0, 0.1) is 0 Å². The highest BCUT2D eigenvalue weighted by molar-refractivity contribution is 6.65. The van der Waals surface area contributed by atoms with E-state index in [1.165, 1.54) is 0 Å². The number of anilines is 1. The van der Waals surface area contributed by atoms with Crippen LogP contribution in [0.25, 0.3) is 11.1 Å². The Morgan fingerprint density at radius 3 is 3.00 bits per heavy atom. The Bertz CT molecular complexity index is 543. The second-order valence-corrected chi connectivity index (χ2v) is 2.97. The van der Waals surface area contributed by atoms with Gasteiger partial charge < -0.3 is 9.73 Å². The van der Waals surface area contributed by atoms with Crippen LogP contribution in [0.3, 0.4) is 0 Å². The van der Waals surface area contributed by atoms with E-state index < -0.39 is 11.1 Å². The van der Waals surface area contributed by atoms with E-state index in [2.05, 4.69) is 10.3 Å². The van der Waals surface area contributed by atoms with Gasteiger partial charge in [-0.05, 0) is 29.8 Å². The monoisotopic (exact) mass is 212 g/mol. The molecule has 1 amide bonds. The molecule has 0 unspecified atom stereocenters. The number of nitrogens with one attached hydrogen (secondary N) is 2. The van der Waals surface area contributed by atoms with Gasteiger partial charge in [-0.25, -0.2) is 4.79 Å². The Morgan fingerprint density at radius 2 is 2.29 bits per heavy atom. The van der Waals surface area contributed by atoms with Gasteiger partial charge in [-0.15, -0.1) is 0 Å². The number of hydrogen-bond acceptors (Lipinski definition) is 3. The summed E-state index contributed by atoms with van der Waals surface area (Å²) in [7, 11) is 0. The molecule has 0 spiro atoms. The molecule has 1 heterocycles. The van der Waals surface area contributed by atoms with Crippen molar-refractivity contribution >= 4 is 33.8 Å². The molecule has 0 atom stereocenters. The predicted molar refractivity (Wildman–Crippen MR) is 51.7 cm³/mol. The minimum Gasteiger partial charge on any atom is -0.408 e. The molecule has 0 fully saturated rings. The number of amides is 1. The number of aromatic nitrogens is 1. The lowest BCUT2D eigenvalue weighted by Crippen LogP contribution is -2.00. The van der Waals surface area contributed by atoms with Crippen LogP contribution in [0.5, 0.6) is 0 Å². The van der Waals surface area contributed by atoms with Crippen molar-refractivity contribution in [2.45, 2.75) is 0 Å². The van der Waals surface area contributed by atoms with Crippen molar-refractivity contribution in [2.24, 2.45) is 0 Å². The molecule has 0 aliphatic rings. The van der Waals surface area contributed by atoms with Gasteiger partial charge in [0.2, 0.25) is 0 Å². The van der Waals surface area contributed by atoms with E-state index in [0.29, 0.717) is 16.8 Å². The molecule has 2 aromatic rings. The minimum absolute atomic E-state index is 0.433. The first-order valence-corrected chi connectivity index (χ1v) is 4.12. The largest absolute Gasteiger partial charge is 0.417 e. The van der Waals surface area contributed by atoms with Crippen molar-refractivity contribution in [3.8, 4) is 0 Å². The third kappa shape index (κ3) is 1.62. The first-order chi connectivity index (χ1) is 6.65. The quantitative estimate of drug-likeness (QED) is 0.560. The minimum atomic E-state index is -0.685. The Labute approximate surface area is 82.7 Å². The van der Waals surface area contributed by atoms with Crippen LogP contribution in [-0.4, -0.2) is 10.4 Å². The Kier molecular flexibility index (Phi) is 2.01. The maximum atomic E-state index is 10.8. The first-order valence-electron chi connectivity index (χ1n) is 3.74. The number of benzene rings is 1. The predicted octanol–water partition coefficient (Wildman–Crippen LogP) is 1.89. The number of H-pyrrole nitrogens is 1. The molecule has 0 saturated heterocycles. The topological polar surface area (TPSA) is 75.1 Å². The van der Waals surface area contributed by atoms with Gasteiger partial charge in [0.15, 0.2) is 5.58 Å². The summed E-state index contributed by atoms with van der Waals surface area (Å²) < 4.78 is 4.77. The lowest BCUT2D eigenvalue weighted by Gasteiger charge is -1.98. The SMILES string of the molecule is O=C(Cl)Nc1ccc2oc(=O)[nH]c2c1. The van der Waals surface area contributed by atoms with Gasteiger partial charge in [0.1, 0.15) is 0 Å². The third-order valence-corrected chi connectivity index (χ3v) is 1.76. The van der Waals surface area contributed by atoms with Crippen molar-refractivity contribution in [3.05, 3.63) is 28.7 Å². The molecule has 6 heteroatoms. The van der Waals surface area contributed by atoms with Gasteiger partial charge in [0.25, 0.3) is 0 Å². The molecule has 1 aromatic carbocycles. The smallest absolute Gasteiger partial charge is 0.408 e. The average Bonchev–Trinajstić information content (AvgIpc) is 2.42. The number of aromatic amines is 1. The molecule has 0 bridgehead atoms. The highest BCUT2D eigenvalue weighted by Crippen LogP contribution is 2.16. The first kappa shape index (κ1) is 8.83. The van der Waals surface area contributed by atoms with E-state index >= 15 is 0 Å². The molecule has 1 aromatic heterocycles. The number of rotatable bonds is 1. The molecular weight excluding hydrogens is 208 g/mol. The zero-order chi connectivity index (χ0) is 10.1. The maximum Gasteiger partial charge on any atom is 0.417 e. The van der Waals surface area contributed by atoms with Crippen LogP contribution in [0.2, 0.25) is 0 Å². The van der Waals surface area contributed by atoms with Crippen molar-refractivity contribution in [1.29, 1.82) is 0 Å². The lowest BCUT2D eigenvalue weighted by molar-refractivity contribution is 0.269. The molecule has 14 heavy (non-hydrogen) atoms. The highest BCUT2D eigenvalue weighted by Gasteiger charge is 2.02. The number of halogens is 1. The van der Waals surface area contributed by atoms with Gasteiger partial charge in [-0.2, -0.15) is 0 Å². The summed E-state index contributed by atoms with van der Waals surface area (Å²) >= 11 is 5.12. The van der Waals surface area contributed by atoms with Crippen molar-refractivity contribution < 1.29 is 9.21 Å². The summed E-state index contributed by atoms with van der Waals surface area (Å²) in [5.41, 5.74) is 1.44. The molecule has 2 rings (SSSR count). The second-order valence-electron chi connectivity index (χ2n) is 2.62. The number of carbonyl (C=O) groups is 1. The number of carbonyl (C=O) groups excluding carboxylic acids is 1. The number of fused-ring (bicyclic) bond motifs is 1. The zero-order valence-electron chi connectivity index (χ0n) is 6.83. The molecule has 5 nitrogen and oxygen atoms in total. The molecule has 0 aliphatic carbocycles. The fourth-order valence-corrected chi connectivity index (χ4v) is 1.25. The highest BCUT2D eigenvalue weighted by atomic mass is 35.5. The van der Waals surface area contributed by atoms with Gasteiger partial charge in [0.05, 0.1) is 5.52 Å². The molecule has 0 radical (unpaired) electrons. The Balaban J connectivity index is 2.50. The summed E-state index contributed by atoms with van der Waals surface area (Å²) in [4.78, 5) is 23.8. The van der Waals surface area contributed by atoms with Crippen LogP contribution >= 0.6 is 11.6 Å². The Hall–Kier alpha value is -1.75. The standard InChI is InChI=1S/C8H5ClN2O3/c9-7(12)10-4-1-2-6-5(3-4)11-8(13)14-6/h1-3H,(H,10,12)(H,11,13). The second kappa shape index (κ2) is 3.19. The van der Waals surface area contributed by atoms with Crippen LogP contribution in [0.15, 0.2) is 27.4 Å². The van der Waals surface area contributed by atoms with Crippen molar-refractivity contribution in [2.75, 3.05) is 5.32 Å². The fraction of sp³-hybridized carbons (Fsp3) is 0. The third-order valence-electron chi connectivity index (χ3n) is 1.66. The summed E-state index contributed by atoms with van der Waals surface area (Å²) in [5.74, 6) is -0.533. The van der Waals surface area contributed by atoms with E-state index in [1.807, 2.05) is 0 Å². The molecule has 0 aliphatic heterocycles. The Morgan fingerprint density at radius 1 is 1.50 bits per heavy atom. The van der Waals surface area contributed by atoms with Crippen molar-refractivity contribution in [1.82, 2.24) is 4.98 Å². The summed E-state index contributed by atoms with van der Waals surface area (Å²) in [6.07, 6.45) is 0. The maximum absolute atomic E-state index is 10.8. The van der Waals surface area contributed by atoms with E-state index in [0.717, 1.165) is 0 Å². The van der Waals surface area contributed by atoms with E-state index in [-0.39, 0.29) is 0 Å². The van der Waals surface area contributed by atoms with Crippen LogP contribution in [0.4, 0.5) is 10.5 Å². The summed E-state index contributed by atoms with van der Waals surface area (Å²) in [6, 6.07) is 4.70. The van der Waals surface area contributed by atoms with Crippen molar-refractivity contribution in [3.63, 3.8) is 0 Å². The normalized spacial score (nSPS) is 10.4. The molecular formula is C8H5ClN2O3. The van der Waals surface area contributed by atoms with Gasteiger partial charge in [-0.3, -0.25) is 9.78 Å². The van der Waals surface area contributed by atoms with E-state index in [4.69, 9.17) is 16.0 Å². The fourth-order valence-electron chi connectivity index (χ4n) is 1.14. The van der Waals surface area contributed by atoms with E-state index in [9.17, 15) is 9.59 Å². The molecule has 2 N–H and O–H groups in total. The lowest BCUT2D eigenvalue weighted by atomic mass is 10.3. The molecule has 72 valence electrons.